The molecule has 2 aromatic carbocycles. The van der Waals surface area contributed by atoms with Crippen molar-refractivity contribution in [3.8, 4) is 0 Å². The van der Waals surface area contributed by atoms with Gasteiger partial charge in [-0.1, -0.05) is 43.7 Å². The summed E-state index contributed by atoms with van der Waals surface area (Å²) in [5.74, 6) is -0.399. The number of carbonyl (C=O) groups is 2. The number of benzene rings is 2. The highest BCUT2D eigenvalue weighted by Crippen LogP contribution is 2.26. The maximum absolute atomic E-state index is 13.0. The molecule has 2 aromatic rings. The normalized spacial score (nSPS) is 15.4. The molecule has 0 unspecified atom stereocenters. The van der Waals surface area contributed by atoms with Crippen LogP contribution in [0.4, 0.5) is 5.69 Å². The van der Waals surface area contributed by atoms with Crippen LogP contribution in [0, 0.1) is 25.7 Å². The highest BCUT2D eigenvalue weighted by molar-refractivity contribution is 7.89. The monoisotopic (exact) mass is 471 g/mol. The van der Waals surface area contributed by atoms with E-state index in [1.807, 2.05) is 64.1 Å². The number of sulfonamides is 1. The van der Waals surface area contributed by atoms with E-state index in [0.717, 1.165) is 22.4 Å². The van der Waals surface area contributed by atoms with E-state index in [9.17, 15) is 18.0 Å². The Morgan fingerprint density at radius 3 is 2.24 bits per heavy atom. The second-order valence-electron chi connectivity index (χ2n) is 9.01. The van der Waals surface area contributed by atoms with Crippen LogP contribution in [0.15, 0.2) is 47.4 Å². The summed E-state index contributed by atoms with van der Waals surface area (Å²) in [4.78, 5) is 24.8. The zero-order chi connectivity index (χ0) is 24.2. The van der Waals surface area contributed by atoms with Crippen molar-refractivity contribution in [3.05, 3.63) is 59.2 Å². The Morgan fingerprint density at radius 2 is 1.67 bits per heavy atom. The van der Waals surface area contributed by atoms with Crippen LogP contribution in [0.2, 0.25) is 0 Å². The maximum Gasteiger partial charge on any atom is 0.243 e. The van der Waals surface area contributed by atoms with Gasteiger partial charge in [0.15, 0.2) is 0 Å². The number of aryl methyl sites for hydroxylation is 2. The summed E-state index contributed by atoms with van der Waals surface area (Å²) < 4.78 is 27.6. The lowest BCUT2D eigenvalue weighted by Crippen LogP contribution is -2.43. The molecule has 0 aromatic heterocycles. The van der Waals surface area contributed by atoms with Crippen molar-refractivity contribution in [3.63, 3.8) is 0 Å². The first kappa shape index (κ1) is 24.9. The van der Waals surface area contributed by atoms with E-state index in [1.165, 1.54) is 4.31 Å². The summed E-state index contributed by atoms with van der Waals surface area (Å²) in [6.07, 6.45) is 0.992. The summed E-state index contributed by atoms with van der Waals surface area (Å²) in [5, 5.41) is 5.79. The van der Waals surface area contributed by atoms with E-state index in [0.29, 0.717) is 37.4 Å². The molecule has 178 valence electrons. The van der Waals surface area contributed by atoms with Gasteiger partial charge in [0.2, 0.25) is 21.8 Å². The van der Waals surface area contributed by atoms with Crippen LogP contribution in [0.5, 0.6) is 0 Å². The molecular weight excluding hydrogens is 438 g/mol. The van der Waals surface area contributed by atoms with E-state index >= 15 is 0 Å². The largest absolute Gasteiger partial charge is 0.352 e. The molecule has 1 heterocycles. The first-order chi connectivity index (χ1) is 15.6. The topological polar surface area (TPSA) is 95.6 Å². The molecule has 0 radical (unpaired) electrons. The molecule has 1 aliphatic rings. The number of nitrogens with zero attached hydrogens (tertiary/aromatic N) is 1. The Bertz CT molecular complexity index is 1100. The Balaban J connectivity index is 1.51. The molecule has 8 heteroatoms. The van der Waals surface area contributed by atoms with Gasteiger partial charge in [0.05, 0.1) is 4.90 Å². The lowest BCUT2D eigenvalue weighted by molar-refractivity contribution is -0.126. The molecule has 3 rings (SSSR count). The molecule has 0 aliphatic carbocycles. The fourth-order valence-corrected chi connectivity index (χ4v) is 5.59. The van der Waals surface area contributed by atoms with Gasteiger partial charge in [-0.3, -0.25) is 9.59 Å². The predicted octanol–water partition coefficient (Wildman–Crippen LogP) is 3.62. The van der Waals surface area contributed by atoms with Gasteiger partial charge in [-0.05, 0) is 56.0 Å². The standard InChI is InChI=1S/C25H33N3O4S/c1-17(2)24(29)27-22-8-6-20(7-9-22)16-26-25(30)21-11-13-28(14-12-21)33(31,32)23-10-5-18(3)15-19(23)4/h5-10,15,17,21H,11-14,16H2,1-4H3,(H,26,30)(H,27,29). The fourth-order valence-electron chi connectivity index (χ4n) is 3.91. The summed E-state index contributed by atoms with van der Waals surface area (Å²) in [5.41, 5.74) is 3.42. The summed E-state index contributed by atoms with van der Waals surface area (Å²) >= 11 is 0. The van der Waals surface area contributed by atoms with Crippen LogP contribution in [-0.4, -0.2) is 37.6 Å². The smallest absolute Gasteiger partial charge is 0.243 e. The van der Waals surface area contributed by atoms with Crippen LogP contribution in [-0.2, 0) is 26.2 Å². The van der Waals surface area contributed by atoms with Gasteiger partial charge < -0.3 is 10.6 Å². The van der Waals surface area contributed by atoms with Gasteiger partial charge in [-0.2, -0.15) is 4.31 Å². The number of carbonyl (C=O) groups excluding carboxylic acids is 2. The van der Waals surface area contributed by atoms with Crippen LogP contribution < -0.4 is 10.6 Å². The number of hydrogen-bond donors (Lipinski definition) is 2. The number of piperidine rings is 1. The number of nitrogens with one attached hydrogen (secondary N) is 2. The first-order valence-electron chi connectivity index (χ1n) is 11.3. The SMILES string of the molecule is Cc1ccc(S(=O)(=O)N2CCC(C(=O)NCc3ccc(NC(=O)C(C)C)cc3)CC2)c(C)c1. The highest BCUT2D eigenvalue weighted by Gasteiger charge is 2.32. The second-order valence-corrected chi connectivity index (χ2v) is 10.9. The van der Waals surface area contributed by atoms with Crippen LogP contribution >= 0.6 is 0 Å². The van der Waals surface area contributed by atoms with Crippen molar-refractivity contribution in [1.29, 1.82) is 0 Å². The molecule has 0 atom stereocenters. The Labute approximate surface area is 196 Å². The van der Waals surface area contributed by atoms with E-state index in [-0.39, 0.29) is 23.7 Å². The number of anilines is 1. The summed E-state index contributed by atoms with van der Waals surface area (Å²) in [7, 11) is -3.56. The van der Waals surface area contributed by atoms with Crippen molar-refractivity contribution in [1.82, 2.24) is 9.62 Å². The third-order valence-electron chi connectivity index (χ3n) is 5.99. The zero-order valence-electron chi connectivity index (χ0n) is 19.7. The molecule has 7 nitrogen and oxygen atoms in total. The molecule has 0 saturated carbocycles. The van der Waals surface area contributed by atoms with E-state index in [4.69, 9.17) is 0 Å². The molecule has 2 amide bonds. The van der Waals surface area contributed by atoms with E-state index in [1.54, 1.807) is 6.07 Å². The van der Waals surface area contributed by atoms with Crippen LogP contribution in [0.1, 0.15) is 43.4 Å². The molecule has 33 heavy (non-hydrogen) atoms. The number of amides is 2. The highest BCUT2D eigenvalue weighted by atomic mass is 32.2. The third-order valence-corrected chi connectivity index (χ3v) is 8.04. The minimum Gasteiger partial charge on any atom is -0.352 e. The predicted molar refractivity (Wildman–Crippen MR) is 129 cm³/mol. The van der Waals surface area contributed by atoms with Crippen LogP contribution in [0.25, 0.3) is 0 Å². The fraction of sp³-hybridized carbons (Fsp3) is 0.440. The van der Waals surface area contributed by atoms with Crippen molar-refractivity contribution >= 4 is 27.5 Å². The van der Waals surface area contributed by atoms with Gasteiger partial charge >= 0.3 is 0 Å². The molecule has 1 fully saturated rings. The molecule has 0 bridgehead atoms. The lowest BCUT2D eigenvalue weighted by atomic mass is 9.97. The molecule has 1 saturated heterocycles. The Hall–Kier alpha value is -2.71. The minimum atomic E-state index is -3.56. The molecule has 2 N–H and O–H groups in total. The van der Waals surface area contributed by atoms with E-state index in [2.05, 4.69) is 10.6 Å². The number of rotatable bonds is 7. The van der Waals surface area contributed by atoms with Crippen LogP contribution in [0.3, 0.4) is 0 Å². The van der Waals surface area contributed by atoms with Crippen molar-refractivity contribution in [2.75, 3.05) is 18.4 Å². The molecular formula is C25H33N3O4S. The maximum atomic E-state index is 13.0. The van der Waals surface area contributed by atoms with Crippen molar-refractivity contribution in [2.24, 2.45) is 11.8 Å². The third kappa shape index (κ3) is 6.21. The Morgan fingerprint density at radius 1 is 1.03 bits per heavy atom. The number of hydrogen-bond acceptors (Lipinski definition) is 4. The van der Waals surface area contributed by atoms with Gasteiger partial charge in [0.25, 0.3) is 0 Å². The average molecular weight is 472 g/mol. The summed E-state index contributed by atoms with van der Waals surface area (Å²) in [6.45, 7) is 8.47. The summed E-state index contributed by atoms with van der Waals surface area (Å²) in [6, 6.07) is 12.7. The van der Waals surface area contributed by atoms with Crippen molar-refractivity contribution in [2.45, 2.75) is 52.0 Å². The Kier molecular flexibility index (Phi) is 7.92. The quantitative estimate of drug-likeness (QED) is 0.645. The van der Waals surface area contributed by atoms with E-state index < -0.39 is 10.0 Å². The average Bonchev–Trinajstić information content (AvgIpc) is 2.78. The minimum absolute atomic E-state index is 0.0399. The van der Waals surface area contributed by atoms with Gasteiger partial charge in [0, 0.05) is 37.2 Å². The van der Waals surface area contributed by atoms with Crippen molar-refractivity contribution < 1.29 is 18.0 Å². The molecule has 1 aliphatic heterocycles. The zero-order valence-corrected chi connectivity index (χ0v) is 20.5. The van der Waals surface area contributed by atoms with Gasteiger partial charge in [-0.25, -0.2) is 8.42 Å². The van der Waals surface area contributed by atoms with Gasteiger partial charge in [0.1, 0.15) is 0 Å². The lowest BCUT2D eigenvalue weighted by Gasteiger charge is -2.31. The molecule has 0 spiro atoms. The second kappa shape index (κ2) is 10.5. The van der Waals surface area contributed by atoms with Gasteiger partial charge in [-0.15, -0.1) is 0 Å². The first-order valence-corrected chi connectivity index (χ1v) is 12.8.